The molecule has 0 aromatic carbocycles. The third-order valence-corrected chi connectivity index (χ3v) is 2.14. The molecule has 4 heteroatoms. The first kappa shape index (κ1) is 8.44. The molecule has 1 nitrogen and oxygen atoms in total. The van der Waals surface area contributed by atoms with Crippen LogP contribution in [-0.4, -0.2) is 17.9 Å². The quantitative estimate of drug-likeness (QED) is 0.480. The van der Waals surface area contributed by atoms with E-state index in [1.807, 2.05) is 6.08 Å². The lowest BCUT2D eigenvalue weighted by Crippen LogP contribution is -2.13. The van der Waals surface area contributed by atoms with Crippen molar-refractivity contribution < 1.29 is 5.02 Å². The molecule has 0 aromatic rings. The van der Waals surface area contributed by atoms with E-state index < -0.39 is 0 Å². The average molecular weight is 178 g/mol. The van der Waals surface area contributed by atoms with E-state index in [9.17, 15) is 0 Å². The lowest BCUT2D eigenvalue weighted by molar-refractivity contribution is 0.557. The van der Waals surface area contributed by atoms with Gasteiger partial charge in [0.25, 0.3) is 7.48 Å². The van der Waals surface area contributed by atoms with Crippen molar-refractivity contribution in [3.05, 3.63) is 11.1 Å². The third-order valence-electron chi connectivity index (χ3n) is 1.56. The van der Waals surface area contributed by atoms with Crippen LogP contribution in [0.2, 0.25) is 5.82 Å². The van der Waals surface area contributed by atoms with Gasteiger partial charge in [-0.1, -0.05) is 17.7 Å². The summed E-state index contributed by atoms with van der Waals surface area (Å²) in [6.07, 6.45) is 3.33. The maximum Gasteiger partial charge on any atom is 0.291 e. The number of allylic oxidation sites excluding steroid dienone is 2. The summed E-state index contributed by atoms with van der Waals surface area (Å²) in [7, 11) is 1.17. The van der Waals surface area contributed by atoms with Crippen LogP contribution in [0.4, 0.5) is 0 Å². The lowest BCUT2D eigenvalue weighted by atomic mass is 9.73. The fourth-order valence-corrected chi connectivity index (χ4v) is 1.86. The summed E-state index contributed by atoms with van der Waals surface area (Å²) >= 11 is 11.5. The Morgan fingerprint density at radius 1 is 1.70 bits per heavy atom. The van der Waals surface area contributed by atoms with Crippen molar-refractivity contribution in [1.29, 1.82) is 0 Å². The maximum absolute atomic E-state index is 8.66. The largest absolute Gasteiger partial charge is 0.454 e. The molecule has 0 saturated carbocycles. The third kappa shape index (κ3) is 2.19. The monoisotopic (exact) mass is 177 g/mol. The smallest absolute Gasteiger partial charge is 0.291 e. The molecular formula is C6H8BCl2O. The van der Waals surface area contributed by atoms with Gasteiger partial charge < -0.3 is 5.02 Å². The highest BCUT2D eigenvalue weighted by molar-refractivity contribution is 6.34. The molecule has 0 saturated heterocycles. The Kier molecular flexibility index (Phi) is 3.08. The molecule has 1 aliphatic carbocycles. The van der Waals surface area contributed by atoms with Crippen LogP contribution in [0, 0.1) is 0 Å². The zero-order valence-corrected chi connectivity index (χ0v) is 6.94. The molecule has 0 heterocycles. The minimum Gasteiger partial charge on any atom is -0.454 e. The highest BCUT2D eigenvalue weighted by atomic mass is 35.5. The minimum absolute atomic E-state index is 0.0188. The van der Waals surface area contributed by atoms with Gasteiger partial charge >= 0.3 is 0 Å². The van der Waals surface area contributed by atoms with Crippen molar-refractivity contribution in [2.45, 2.75) is 24.0 Å². The van der Waals surface area contributed by atoms with Crippen LogP contribution < -0.4 is 0 Å². The van der Waals surface area contributed by atoms with Gasteiger partial charge in [-0.25, -0.2) is 0 Å². The first-order chi connectivity index (χ1) is 4.72. The summed E-state index contributed by atoms with van der Waals surface area (Å²) in [6, 6.07) is 0. The standard InChI is InChI=1S/C6H8BCl2O/c8-5-1-4(7-10)2-6(9)3-5/h3-5,10H,1-2H2. The second-order valence-corrected chi connectivity index (χ2v) is 3.52. The summed E-state index contributed by atoms with van der Waals surface area (Å²) in [5.74, 6) is 0.139. The Balaban J connectivity index is 2.52. The van der Waals surface area contributed by atoms with Crippen molar-refractivity contribution >= 4 is 30.7 Å². The van der Waals surface area contributed by atoms with Crippen LogP contribution in [0.25, 0.3) is 0 Å². The van der Waals surface area contributed by atoms with Crippen LogP contribution in [0.5, 0.6) is 0 Å². The molecule has 2 atom stereocenters. The number of hydrogen-bond donors (Lipinski definition) is 1. The molecule has 1 radical (unpaired) electrons. The molecule has 1 aliphatic rings. The predicted molar refractivity (Wildman–Crippen MR) is 44.5 cm³/mol. The lowest BCUT2D eigenvalue weighted by Gasteiger charge is -2.19. The molecule has 0 aromatic heterocycles. The molecule has 0 amide bonds. The second-order valence-electron chi connectivity index (χ2n) is 2.48. The molecule has 2 unspecified atom stereocenters. The fourth-order valence-electron chi connectivity index (χ4n) is 1.07. The minimum atomic E-state index is -0.0188. The summed E-state index contributed by atoms with van der Waals surface area (Å²) in [6.45, 7) is 0. The molecule has 0 aliphatic heterocycles. The van der Waals surface area contributed by atoms with Gasteiger partial charge in [0.15, 0.2) is 0 Å². The van der Waals surface area contributed by atoms with Crippen molar-refractivity contribution in [1.82, 2.24) is 0 Å². The molecule has 1 N–H and O–H groups in total. The summed E-state index contributed by atoms with van der Waals surface area (Å²) in [5, 5.41) is 9.39. The van der Waals surface area contributed by atoms with Crippen molar-refractivity contribution in [3.8, 4) is 0 Å². The predicted octanol–water partition coefficient (Wildman–Crippen LogP) is 1.91. The van der Waals surface area contributed by atoms with E-state index in [2.05, 4.69) is 0 Å². The zero-order chi connectivity index (χ0) is 7.56. The normalized spacial score (nSPS) is 33.3. The van der Waals surface area contributed by atoms with Gasteiger partial charge in [0, 0.05) is 5.03 Å². The van der Waals surface area contributed by atoms with Crippen LogP contribution in [0.3, 0.4) is 0 Å². The van der Waals surface area contributed by atoms with Gasteiger partial charge in [0.2, 0.25) is 0 Å². The van der Waals surface area contributed by atoms with E-state index in [0.29, 0.717) is 0 Å². The van der Waals surface area contributed by atoms with Crippen LogP contribution in [0.1, 0.15) is 12.8 Å². The molecule has 55 valence electrons. The Labute approximate surface area is 71.3 Å². The van der Waals surface area contributed by atoms with E-state index in [-0.39, 0.29) is 11.2 Å². The maximum atomic E-state index is 8.66. The summed E-state index contributed by atoms with van der Waals surface area (Å²) < 4.78 is 0. The zero-order valence-electron chi connectivity index (χ0n) is 5.43. The van der Waals surface area contributed by atoms with E-state index >= 15 is 0 Å². The van der Waals surface area contributed by atoms with Gasteiger partial charge in [0.1, 0.15) is 0 Å². The molecule has 0 fully saturated rings. The molecule has 1 rings (SSSR count). The molecule has 0 spiro atoms. The highest BCUT2D eigenvalue weighted by Crippen LogP contribution is 2.32. The SMILES string of the molecule is O[B]C1CC(Cl)=CC(Cl)C1. The average Bonchev–Trinajstić information content (AvgIpc) is 1.85. The van der Waals surface area contributed by atoms with E-state index in [1.165, 1.54) is 7.48 Å². The topological polar surface area (TPSA) is 20.2 Å². The Morgan fingerprint density at radius 3 is 2.90 bits per heavy atom. The highest BCUT2D eigenvalue weighted by Gasteiger charge is 2.20. The summed E-state index contributed by atoms with van der Waals surface area (Å²) in [4.78, 5) is 0. The van der Waals surface area contributed by atoms with Gasteiger partial charge in [0.05, 0.1) is 5.38 Å². The summed E-state index contributed by atoms with van der Waals surface area (Å²) in [5.41, 5.74) is 0. The number of hydrogen-bond acceptors (Lipinski definition) is 1. The van der Waals surface area contributed by atoms with Gasteiger partial charge in [-0.15, -0.1) is 11.6 Å². The van der Waals surface area contributed by atoms with Gasteiger partial charge in [-0.05, 0) is 18.7 Å². The van der Waals surface area contributed by atoms with Crippen molar-refractivity contribution in [2.24, 2.45) is 0 Å². The Bertz CT molecular complexity index is 149. The first-order valence-electron chi connectivity index (χ1n) is 3.20. The van der Waals surface area contributed by atoms with Crippen LogP contribution >= 0.6 is 23.2 Å². The van der Waals surface area contributed by atoms with E-state index in [0.717, 1.165) is 17.9 Å². The van der Waals surface area contributed by atoms with E-state index in [1.54, 1.807) is 0 Å². The number of halogens is 2. The fraction of sp³-hybridized carbons (Fsp3) is 0.667. The van der Waals surface area contributed by atoms with Crippen LogP contribution in [-0.2, 0) is 0 Å². The van der Waals surface area contributed by atoms with E-state index in [4.69, 9.17) is 28.2 Å². The van der Waals surface area contributed by atoms with Crippen molar-refractivity contribution in [2.75, 3.05) is 0 Å². The van der Waals surface area contributed by atoms with Crippen LogP contribution in [0.15, 0.2) is 11.1 Å². The number of alkyl halides is 1. The van der Waals surface area contributed by atoms with Gasteiger partial charge in [-0.2, -0.15) is 0 Å². The number of rotatable bonds is 1. The Hall–Kier alpha value is 0.345. The molecular weight excluding hydrogens is 170 g/mol. The first-order valence-corrected chi connectivity index (χ1v) is 4.01. The molecule has 0 bridgehead atoms. The Morgan fingerprint density at radius 2 is 2.40 bits per heavy atom. The molecule has 10 heavy (non-hydrogen) atoms. The second kappa shape index (κ2) is 3.65. The van der Waals surface area contributed by atoms with Crippen molar-refractivity contribution in [3.63, 3.8) is 0 Å². The van der Waals surface area contributed by atoms with Gasteiger partial charge in [-0.3, -0.25) is 0 Å².